The number of fused-ring (bicyclic) bond motifs is 2. The number of benzene rings is 2. The molecule has 2 aromatic rings. The Hall–Kier alpha value is -1.74. The van der Waals surface area contributed by atoms with Gasteiger partial charge in [-0.1, -0.05) is 35.8 Å². The summed E-state index contributed by atoms with van der Waals surface area (Å²) in [6.45, 7) is 12.3. The molecule has 0 aliphatic heterocycles. The number of carbonyl (C=O) groups is 2. The summed E-state index contributed by atoms with van der Waals surface area (Å²) < 4.78 is 1.13. The van der Waals surface area contributed by atoms with Crippen LogP contribution >= 0.6 is 15.9 Å². The molecule has 0 aromatic heterocycles. The van der Waals surface area contributed by atoms with Crippen molar-refractivity contribution in [2.24, 2.45) is 11.8 Å². The van der Waals surface area contributed by atoms with E-state index in [1.54, 1.807) is 0 Å². The van der Waals surface area contributed by atoms with Crippen molar-refractivity contribution < 1.29 is 9.59 Å². The van der Waals surface area contributed by atoms with E-state index in [-0.39, 0.29) is 11.8 Å². The zero-order valence-corrected chi connectivity index (χ0v) is 18.6. The Bertz CT molecular complexity index is 956. The Morgan fingerprint density at radius 1 is 0.778 bits per heavy atom. The lowest BCUT2D eigenvalue weighted by atomic mass is 10.0. The zero-order valence-electron chi connectivity index (χ0n) is 17.0. The van der Waals surface area contributed by atoms with Gasteiger partial charge in [0.05, 0.1) is 0 Å². The van der Waals surface area contributed by atoms with Crippen molar-refractivity contribution in [1.29, 1.82) is 0 Å². The van der Waals surface area contributed by atoms with Gasteiger partial charge in [-0.25, -0.2) is 0 Å². The molecule has 2 atom stereocenters. The van der Waals surface area contributed by atoms with Crippen molar-refractivity contribution in [2.45, 2.75) is 54.4 Å². The molecule has 0 saturated carbocycles. The van der Waals surface area contributed by atoms with Crippen molar-refractivity contribution in [1.82, 2.24) is 0 Å². The lowest BCUT2D eigenvalue weighted by Gasteiger charge is -2.08. The van der Waals surface area contributed by atoms with Crippen LogP contribution in [0.2, 0.25) is 0 Å². The maximum atomic E-state index is 11.8. The maximum Gasteiger partial charge on any atom is 0.166 e. The van der Waals surface area contributed by atoms with Gasteiger partial charge in [0, 0.05) is 27.4 Å². The van der Waals surface area contributed by atoms with Crippen LogP contribution in [0.3, 0.4) is 0 Å². The molecule has 4 rings (SSSR count). The topological polar surface area (TPSA) is 34.1 Å². The first-order chi connectivity index (χ1) is 12.6. The summed E-state index contributed by atoms with van der Waals surface area (Å²) in [4.78, 5) is 23.5. The van der Waals surface area contributed by atoms with Gasteiger partial charge in [0.25, 0.3) is 0 Å². The molecule has 0 bridgehead atoms. The summed E-state index contributed by atoms with van der Waals surface area (Å²) in [5.41, 5.74) is 9.28. The van der Waals surface area contributed by atoms with E-state index >= 15 is 0 Å². The molecule has 0 amide bonds. The monoisotopic (exact) mass is 426 g/mol. The highest BCUT2D eigenvalue weighted by Gasteiger charge is 2.29. The van der Waals surface area contributed by atoms with E-state index in [0.29, 0.717) is 11.6 Å². The zero-order chi connectivity index (χ0) is 20.0. The highest BCUT2D eigenvalue weighted by Crippen LogP contribution is 2.35. The minimum Gasteiger partial charge on any atom is -0.294 e. The average Bonchev–Trinajstić information content (AvgIpc) is 3.05. The molecule has 2 aliphatic rings. The number of aryl methyl sites for hydroxylation is 3. The van der Waals surface area contributed by atoms with Crippen LogP contribution < -0.4 is 0 Å². The van der Waals surface area contributed by atoms with Crippen LogP contribution in [0, 0.1) is 39.5 Å². The summed E-state index contributed by atoms with van der Waals surface area (Å²) in [6, 6.07) is 6.23. The van der Waals surface area contributed by atoms with Crippen molar-refractivity contribution in [2.75, 3.05) is 0 Å². The SMILES string of the molecule is Cc1cc2c(c(Br)c1C)CC(C)C2=O.Cc1cc2c(cc1C)C(=O)C(C)C2. The second-order valence-electron chi connectivity index (χ2n) is 8.19. The van der Waals surface area contributed by atoms with Crippen LogP contribution in [-0.2, 0) is 12.8 Å². The lowest BCUT2D eigenvalue weighted by Crippen LogP contribution is -2.03. The van der Waals surface area contributed by atoms with Crippen molar-refractivity contribution in [3.8, 4) is 0 Å². The summed E-state index contributed by atoms with van der Waals surface area (Å²) >= 11 is 3.58. The molecule has 0 radical (unpaired) electrons. The van der Waals surface area contributed by atoms with Gasteiger partial charge in [-0.2, -0.15) is 0 Å². The Labute approximate surface area is 170 Å². The Balaban J connectivity index is 0.000000156. The first kappa shape index (κ1) is 20.0. The van der Waals surface area contributed by atoms with E-state index < -0.39 is 0 Å². The second kappa shape index (κ2) is 7.35. The lowest BCUT2D eigenvalue weighted by molar-refractivity contribution is 0.0939. The second-order valence-corrected chi connectivity index (χ2v) is 8.98. The largest absolute Gasteiger partial charge is 0.294 e. The van der Waals surface area contributed by atoms with E-state index in [0.717, 1.165) is 28.4 Å². The first-order valence-corrected chi connectivity index (χ1v) is 10.4. The van der Waals surface area contributed by atoms with Crippen LogP contribution in [0.25, 0.3) is 0 Å². The Morgan fingerprint density at radius 2 is 1.30 bits per heavy atom. The number of Topliss-reactive ketones (excluding diaryl/α,β-unsaturated/α-hetero) is 2. The quantitative estimate of drug-likeness (QED) is 0.508. The van der Waals surface area contributed by atoms with Crippen LogP contribution in [0.1, 0.15) is 67.9 Å². The average molecular weight is 427 g/mol. The fourth-order valence-electron chi connectivity index (χ4n) is 3.98. The van der Waals surface area contributed by atoms with Crippen LogP contribution in [0.4, 0.5) is 0 Å². The van der Waals surface area contributed by atoms with Crippen molar-refractivity contribution in [3.05, 3.63) is 67.2 Å². The number of halogens is 1. The van der Waals surface area contributed by atoms with E-state index in [9.17, 15) is 9.59 Å². The van der Waals surface area contributed by atoms with E-state index in [1.165, 1.54) is 33.4 Å². The van der Waals surface area contributed by atoms with Gasteiger partial charge >= 0.3 is 0 Å². The summed E-state index contributed by atoms with van der Waals surface area (Å²) in [6.07, 6.45) is 1.81. The molecule has 0 spiro atoms. The number of hydrogen-bond acceptors (Lipinski definition) is 2. The molecule has 3 heteroatoms. The van der Waals surface area contributed by atoms with Crippen LogP contribution in [-0.4, -0.2) is 11.6 Å². The van der Waals surface area contributed by atoms with E-state index in [1.807, 2.05) is 26.0 Å². The molecule has 2 unspecified atom stereocenters. The van der Waals surface area contributed by atoms with Crippen molar-refractivity contribution in [3.63, 3.8) is 0 Å². The minimum atomic E-state index is 0.155. The summed E-state index contributed by atoms with van der Waals surface area (Å²) in [5, 5.41) is 0. The first-order valence-electron chi connectivity index (χ1n) is 9.58. The molecule has 0 heterocycles. The smallest absolute Gasteiger partial charge is 0.166 e. The third-order valence-electron chi connectivity index (χ3n) is 6.05. The number of rotatable bonds is 0. The molecule has 2 aliphatic carbocycles. The Morgan fingerprint density at radius 3 is 1.96 bits per heavy atom. The van der Waals surface area contributed by atoms with Crippen LogP contribution in [0.5, 0.6) is 0 Å². The molecular weight excluding hydrogens is 400 g/mol. The number of carbonyl (C=O) groups excluding carboxylic acids is 2. The van der Waals surface area contributed by atoms with Gasteiger partial charge in [0.2, 0.25) is 0 Å². The van der Waals surface area contributed by atoms with E-state index in [2.05, 4.69) is 49.7 Å². The standard InChI is InChI=1S/C12H13BrO.C12H14O/c1-6-4-10-9(11(13)8(6)3)5-7(2)12(10)14;1-7-4-10-5-9(3)12(13)11(10)6-8(7)2/h4,7H,5H2,1-3H3;4,6,9H,5H2,1-3H3. The predicted octanol–water partition coefficient (Wildman–Crippen LogP) is 6.12. The number of ketones is 2. The number of hydrogen-bond donors (Lipinski definition) is 0. The fraction of sp³-hybridized carbons (Fsp3) is 0.417. The Kier molecular flexibility index (Phi) is 5.45. The van der Waals surface area contributed by atoms with Crippen LogP contribution in [0.15, 0.2) is 22.7 Å². The molecule has 0 fully saturated rings. The van der Waals surface area contributed by atoms with Gasteiger partial charge in [0.15, 0.2) is 11.6 Å². The minimum absolute atomic E-state index is 0.155. The third kappa shape index (κ3) is 3.54. The highest BCUT2D eigenvalue weighted by molar-refractivity contribution is 9.10. The van der Waals surface area contributed by atoms with Gasteiger partial charge in [-0.05, 0) is 86.1 Å². The third-order valence-corrected chi connectivity index (χ3v) is 7.13. The van der Waals surface area contributed by atoms with E-state index in [4.69, 9.17) is 0 Å². The summed E-state index contributed by atoms with van der Waals surface area (Å²) in [5.74, 6) is 0.959. The van der Waals surface area contributed by atoms with Gasteiger partial charge in [0.1, 0.15) is 0 Å². The molecule has 0 N–H and O–H groups in total. The van der Waals surface area contributed by atoms with Gasteiger partial charge in [-0.15, -0.1) is 0 Å². The fourth-order valence-corrected chi connectivity index (χ4v) is 4.66. The predicted molar refractivity (Wildman–Crippen MR) is 114 cm³/mol. The highest BCUT2D eigenvalue weighted by atomic mass is 79.9. The molecular formula is C24H27BrO2. The molecule has 0 saturated heterocycles. The van der Waals surface area contributed by atoms with Crippen molar-refractivity contribution >= 4 is 27.5 Å². The molecule has 27 heavy (non-hydrogen) atoms. The van der Waals surface area contributed by atoms with Gasteiger partial charge < -0.3 is 0 Å². The summed E-state index contributed by atoms with van der Waals surface area (Å²) in [7, 11) is 0. The maximum absolute atomic E-state index is 11.8. The molecule has 142 valence electrons. The van der Waals surface area contributed by atoms with Gasteiger partial charge in [-0.3, -0.25) is 9.59 Å². The normalized spacial score (nSPS) is 20.3. The molecule has 2 aromatic carbocycles. The molecule has 2 nitrogen and oxygen atoms in total.